The molecule has 1 aromatic heterocycles. The van der Waals surface area contributed by atoms with E-state index < -0.39 is 17.3 Å². The smallest absolute Gasteiger partial charge is 0.387 e. The molecule has 1 saturated heterocycles. The maximum atomic E-state index is 13.0. The average molecular weight is 380 g/mol. The van der Waals surface area contributed by atoms with Crippen molar-refractivity contribution in [2.75, 3.05) is 13.1 Å². The zero-order valence-electron chi connectivity index (χ0n) is 14.1. The van der Waals surface area contributed by atoms with Gasteiger partial charge in [-0.15, -0.1) is 11.3 Å². The molecular formula is C19H19F3N2OS. The van der Waals surface area contributed by atoms with E-state index in [9.17, 15) is 13.2 Å². The lowest BCUT2D eigenvalue weighted by Gasteiger charge is -2.38. The van der Waals surface area contributed by atoms with Crippen LogP contribution in [0.25, 0.3) is 0 Å². The molecule has 0 radical (unpaired) electrons. The Labute approximate surface area is 154 Å². The molecule has 3 nitrogen and oxygen atoms in total. The minimum absolute atomic E-state index is 0.418. The van der Waals surface area contributed by atoms with Crippen molar-refractivity contribution >= 4 is 17.0 Å². The van der Waals surface area contributed by atoms with Gasteiger partial charge in [-0.1, -0.05) is 23.4 Å². The zero-order valence-corrected chi connectivity index (χ0v) is 14.9. The number of oxime groups is 1. The first kappa shape index (κ1) is 17.5. The first-order valence-electron chi connectivity index (χ1n) is 8.61. The Morgan fingerprint density at radius 1 is 1.23 bits per heavy atom. The molecule has 1 unspecified atom stereocenters. The fraction of sp³-hybridized carbons (Fsp3) is 0.421. The van der Waals surface area contributed by atoms with Crippen molar-refractivity contribution in [3.63, 3.8) is 0 Å². The van der Waals surface area contributed by atoms with Crippen LogP contribution in [0.3, 0.4) is 0 Å². The summed E-state index contributed by atoms with van der Waals surface area (Å²) in [5, 5.41) is 6.23. The van der Waals surface area contributed by atoms with Crippen LogP contribution in [0.15, 0.2) is 46.9 Å². The van der Waals surface area contributed by atoms with Crippen molar-refractivity contribution in [1.29, 1.82) is 0 Å². The first-order valence-corrected chi connectivity index (χ1v) is 9.49. The Morgan fingerprint density at radius 3 is 2.88 bits per heavy atom. The number of halogens is 3. The molecule has 3 heterocycles. The predicted molar refractivity (Wildman–Crippen MR) is 95.2 cm³/mol. The standard InChI is InChI=1S/C19H19F3N2OS/c20-19(21,22)15-5-1-4-14(10-15)17-11-18(25-23-17)7-3-8-24(13-18)12-16-6-2-9-26-16/h1-2,4-6,9-10H,3,7-8,11-13H2. The van der Waals surface area contributed by atoms with Gasteiger partial charge in [0.1, 0.15) is 0 Å². The van der Waals surface area contributed by atoms with Gasteiger partial charge in [0.2, 0.25) is 0 Å². The predicted octanol–water partition coefficient (Wildman–Crippen LogP) is 4.93. The van der Waals surface area contributed by atoms with Crippen LogP contribution < -0.4 is 0 Å². The summed E-state index contributed by atoms with van der Waals surface area (Å²) in [5.74, 6) is 0. The largest absolute Gasteiger partial charge is 0.416 e. The van der Waals surface area contributed by atoms with Crippen LogP contribution in [0.5, 0.6) is 0 Å². The van der Waals surface area contributed by atoms with Crippen molar-refractivity contribution in [3.8, 4) is 0 Å². The second-order valence-electron chi connectivity index (χ2n) is 6.96. The first-order chi connectivity index (χ1) is 12.4. The van der Waals surface area contributed by atoms with E-state index in [2.05, 4.69) is 21.5 Å². The fourth-order valence-electron chi connectivity index (χ4n) is 3.72. The van der Waals surface area contributed by atoms with Gasteiger partial charge < -0.3 is 4.84 Å². The molecule has 1 fully saturated rings. The number of nitrogens with zero attached hydrogens (tertiary/aromatic N) is 2. The third kappa shape index (κ3) is 3.64. The summed E-state index contributed by atoms with van der Waals surface area (Å²) in [6.45, 7) is 2.63. The zero-order chi connectivity index (χ0) is 18.2. The van der Waals surface area contributed by atoms with E-state index in [1.54, 1.807) is 17.4 Å². The van der Waals surface area contributed by atoms with Crippen molar-refractivity contribution in [2.24, 2.45) is 5.16 Å². The summed E-state index contributed by atoms with van der Waals surface area (Å²) in [5.41, 5.74) is 0.0294. The normalized spacial score (nSPS) is 23.9. The number of rotatable bonds is 3. The SMILES string of the molecule is FC(F)(F)c1cccc(C2=NOC3(CCCN(Cc4cccs4)C3)C2)c1. The van der Waals surface area contributed by atoms with Gasteiger partial charge in [-0.25, -0.2) is 0 Å². The van der Waals surface area contributed by atoms with E-state index in [-0.39, 0.29) is 0 Å². The van der Waals surface area contributed by atoms with Crippen molar-refractivity contribution in [2.45, 2.75) is 37.6 Å². The fourth-order valence-corrected chi connectivity index (χ4v) is 4.46. The molecule has 0 saturated carbocycles. The van der Waals surface area contributed by atoms with E-state index in [1.165, 1.54) is 10.9 Å². The van der Waals surface area contributed by atoms with Crippen LogP contribution in [-0.2, 0) is 17.6 Å². The second kappa shape index (κ2) is 6.70. The van der Waals surface area contributed by atoms with E-state index in [0.717, 1.165) is 44.6 Å². The lowest BCUT2D eigenvalue weighted by Crippen LogP contribution is -2.47. The number of hydrogen-bond acceptors (Lipinski definition) is 4. The van der Waals surface area contributed by atoms with Crippen LogP contribution in [0.1, 0.15) is 35.3 Å². The van der Waals surface area contributed by atoms with Gasteiger partial charge in [0.15, 0.2) is 5.60 Å². The molecule has 7 heteroatoms. The lowest BCUT2D eigenvalue weighted by atomic mass is 9.86. The summed E-state index contributed by atoms with van der Waals surface area (Å²) in [4.78, 5) is 9.44. The monoisotopic (exact) mass is 380 g/mol. The number of alkyl halides is 3. The number of hydrogen-bond donors (Lipinski definition) is 0. The maximum absolute atomic E-state index is 13.0. The molecule has 4 rings (SSSR count). The highest BCUT2D eigenvalue weighted by molar-refractivity contribution is 7.09. The number of likely N-dealkylation sites (tertiary alicyclic amines) is 1. The van der Waals surface area contributed by atoms with Crippen LogP contribution >= 0.6 is 11.3 Å². The van der Waals surface area contributed by atoms with E-state index in [0.29, 0.717) is 17.7 Å². The Morgan fingerprint density at radius 2 is 2.12 bits per heavy atom. The molecule has 2 aromatic rings. The van der Waals surface area contributed by atoms with Crippen LogP contribution in [-0.4, -0.2) is 29.3 Å². The number of thiophene rings is 1. The molecule has 2 aliphatic heterocycles. The lowest BCUT2D eigenvalue weighted by molar-refractivity contribution is -0.137. The summed E-state index contributed by atoms with van der Waals surface area (Å²) >= 11 is 1.73. The summed E-state index contributed by atoms with van der Waals surface area (Å²) in [6.07, 6.45) is -1.93. The van der Waals surface area contributed by atoms with E-state index >= 15 is 0 Å². The maximum Gasteiger partial charge on any atom is 0.416 e. The molecule has 0 amide bonds. The molecule has 1 spiro atoms. The van der Waals surface area contributed by atoms with Gasteiger partial charge in [0, 0.05) is 30.0 Å². The molecule has 1 atom stereocenters. The van der Waals surface area contributed by atoms with Crippen LogP contribution in [0.2, 0.25) is 0 Å². The molecule has 138 valence electrons. The third-order valence-electron chi connectivity index (χ3n) is 4.94. The minimum Gasteiger partial charge on any atom is -0.387 e. The average Bonchev–Trinajstić information content (AvgIpc) is 3.25. The molecule has 0 aliphatic carbocycles. The van der Waals surface area contributed by atoms with Crippen molar-refractivity contribution in [1.82, 2.24) is 4.90 Å². The minimum atomic E-state index is -4.35. The van der Waals surface area contributed by atoms with Gasteiger partial charge in [0.05, 0.1) is 11.3 Å². The van der Waals surface area contributed by atoms with Gasteiger partial charge in [-0.2, -0.15) is 13.2 Å². The quantitative estimate of drug-likeness (QED) is 0.755. The Kier molecular flexibility index (Phi) is 4.52. The molecule has 0 bridgehead atoms. The van der Waals surface area contributed by atoms with Crippen LogP contribution in [0, 0.1) is 0 Å². The molecule has 26 heavy (non-hydrogen) atoms. The summed E-state index contributed by atoms with van der Waals surface area (Å²) in [6, 6.07) is 9.50. The summed E-state index contributed by atoms with van der Waals surface area (Å²) < 4.78 is 38.9. The summed E-state index contributed by atoms with van der Waals surface area (Å²) in [7, 11) is 0. The molecular weight excluding hydrogens is 361 g/mol. The molecule has 2 aliphatic rings. The highest BCUT2D eigenvalue weighted by Gasteiger charge is 2.43. The van der Waals surface area contributed by atoms with Crippen molar-refractivity contribution < 1.29 is 18.0 Å². The highest BCUT2D eigenvalue weighted by atomic mass is 32.1. The van der Waals surface area contributed by atoms with Gasteiger partial charge in [-0.05, 0) is 43.0 Å². The number of benzene rings is 1. The Balaban J connectivity index is 1.47. The Bertz CT molecular complexity index is 803. The molecule has 1 aromatic carbocycles. The highest BCUT2D eigenvalue weighted by Crippen LogP contribution is 2.37. The van der Waals surface area contributed by atoms with Gasteiger partial charge >= 0.3 is 6.18 Å². The molecule has 0 N–H and O–H groups in total. The third-order valence-corrected chi connectivity index (χ3v) is 5.80. The van der Waals surface area contributed by atoms with Crippen molar-refractivity contribution in [3.05, 3.63) is 57.8 Å². The topological polar surface area (TPSA) is 24.8 Å². The Hall–Kier alpha value is -1.86. The second-order valence-corrected chi connectivity index (χ2v) is 7.99. The van der Waals surface area contributed by atoms with E-state index in [1.807, 2.05) is 6.07 Å². The number of piperidine rings is 1. The van der Waals surface area contributed by atoms with Gasteiger partial charge in [-0.3, -0.25) is 4.90 Å². The van der Waals surface area contributed by atoms with E-state index in [4.69, 9.17) is 4.84 Å². The van der Waals surface area contributed by atoms with Gasteiger partial charge in [0.25, 0.3) is 0 Å². The van der Waals surface area contributed by atoms with Crippen LogP contribution in [0.4, 0.5) is 13.2 Å².